The Labute approximate surface area is 103 Å². The Kier molecular flexibility index (Phi) is 12.2. The lowest BCUT2D eigenvalue weighted by Crippen LogP contribution is -2.03. The molecule has 0 radical (unpaired) electrons. The van der Waals surface area contributed by atoms with E-state index in [1.807, 2.05) is 20.8 Å². The van der Waals surface area contributed by atoms with Crippen LogP contribution >= 0.6 is 0 Å². The summed E-state index contributed by atoms with van der Waals surface area (Å²) in [5.74, 6) is -0.904. The molecule has 0 spiro atoms. The molecule has 0 aliphatic carbocycles. The lowest BCUT2D eigenvalue weighted by Gasteiger charge is -1.97. The third kappa shape index (κ3) is 14.9. The fraction of sp³-hybridized carbons (Fsp3) is 0.833. The molecule has 1 aliphatic rings. The summed E-state index contributed by atoms with van der Waals surface area (Å²) in [4.78, 5) is 20.0. The lowest BCUT2D eigenvalue weighted by atomic mass is 10.2. The first-order chi connectivity index (χ1) is 7.91. The van der Waals surface area contributed by atoms with Crippen molar-refractivity contribution in [1.82, 2.24) is 0 Å². The van der Waals surface area contributed by atoms with Gasteiger partial charge in [-0.05, 0) is 26.7 Å². The smallest absolute Gasteiger partial charge is 0.306 e. The molecule has 0 aromatic rings. The van der Waals surface area contributed by atoms with E-state index in [-0.39, 0.29) is 18.5 Å². The van der Waals surface area contributed by atoms with E-state index < -0.39 is 12.1 Å². The highest BCUT2D eigenvalue weighted by molar-refractivity contribution is 5.71. The zero-order chi connectivity index (χ0) is 13.8. The van der Waals surface area contributed by atoms with Crippen molar-refractivity contribution in [1.29, 1.82) is 0 Å². The minimum atomic E-state index is -0.856. The lowest BCUT2D eigenvalue weighted by molar-refractivity contribution is -0.141. The molecule has 0 aromatic carbocycles. The summed E-state index contributed by atoms with van der Waals surface area (Å²) in [6.07, 6.45) is 1.59. The van der Waals surface area contributed by atoms with Gasteiger partial charge in [0.05, 0.1) is 12.2 Å². The van der Waals surface area contributed by atoms with Crippen LogP contribution in [-0.4, -0.2) is 34.4 Å². The molecule has 0 aromatic heterocycles. The number of rotatable bonds is 3. The average molecular weight is 248 g/mol. The zero-order valence-electron chi connectivity index (χ0n) is 11.1. The summed E-state index contributed by atoms with van der Waals surface area (Å²) in [6, 6.07) is 0. The van der Waals surface area contributed by atoms with Gasteiger partial charge in [-0.2, -0.15) is 0 Å². The fourth-order valence-corrected chi connectivity index (χ4v) is 0.996. The molecule has 0 unspecified atom stereocenters. The van der Waals surface area contributed by atoms with E-state index in [1.54, 1.807) is 6.92 Å². The average Bonchev–Trinajstić information content (AvgIpc) is 2.63. The second kappa shape index (κ2) is 11.4. The van der Waals surface area contributed by atoms with E-state index >= 15 is 0 Å². The van der Waals surface area contributed by atoms with E-state index in [9.17, 15) is 9.59 Å². The number of ether oxygens (including phenoxy) is 1. The third-order valence-corrected chi connectivity index (χ3v) is 1.86. The highest BCUT2D eigenvalue weighted by atomic mass is 16.5. The number of aliphatic hydroxyl groups excluding tert-OH is 1. The van der Waals surface area contributed by atoms with Crippen LogP contribution in [0.2, 0.25) is 0 Å². The van der Waals surface area contributed by atoms with E-state index in [0.717, 1.165) is 6.42 Å². The van der Waals surface area contributed by atoms with E-state index in [1.165, 1.54) is 0 Å². The third-order valence-electron chi connectivity index (χ3n) is 1.86. The first-order valence-electron chi connectivity index (χ1n) is 6.01. The molecule has 5 nitrogen and oxygen atoms in total. The van der Waals surface area contributed by atoms with Crippen molar-refractivity contribution < 1.29 is 24.5 Å². The number of hydrogen-bond donors (Lipinski definition) is 2. The van der Waals surface area contributed by atoms with E-state index in [0.29, 0.717) is 12.8 Å². The van der Waals surface area contributed by atoms with Crippen molar-refractivity contribution in [2.45, 2.75) is 65.6 Å². The highest BCUT2D eigenvalue weighted by Gasteiger charge is 2.17. The van der Waals surface area contributed by atoms with Gasteiger partial charge in [0.1, 0.15) is 0 Å². The molecule has 0 bridgehead atoms. The van der Waals surface area contributed by atoms with Crippen LogP contribution in [0.5, 0.6) is 0 Å². The van der Waals surface area contributed by atoms with Gasteiger partial charge in [-0.15, -0.1) is 0 Å². The summed E-state index contributed by atoms with van der Waals surface area (Å²) < 4.78 is 4.72. The van der Waals surface area contributed by atoms with Crippen LogP contribution in [0.3, 0.4) is 0 Å². The quantitative estimate of drug-likeness (QED) is 0.746. The normalized spacial score (nSPS) is 19.1. The molecule has 1 rings (SSSR count). The predicted octanol–water partition coefficient (Wildman–Crippen LogP) is 1.97. The van der Waals surface area contributed by atoms with Crippen LogP contribution in [0.4, 0.5) is 0 Å². The molecule has 1 saturated heterocycles. The highest BCUT2D eigenvalue weighted by Crippen LogP contribution is 2.11. The Bertz CT molecular complexity index is 213. The van der Waals surface area contributed by atoms with Crippen molar-refractivity contribution in [2.24, 2.45) is 0 Å². The topological polar surface area (TPSA) is 83.8 Å². The molecule has 17 heavy (non-hydrogen) atoms. The second-order valence-corrected chi connectivity index (χ2v) is 3.62. The van der Waals surface area contributed by atoms with Crippen LogP contribution in [-0.2, 0) is 14.3 Å². The van der Waals surface area contributed by atoms with Crippen LogP contribution in [0.15, 0.2) is 0 Å². The van der Waals surface area contributed by atoms with E-state index in [2.05, 4.69) is 0 Å². The summed E-state index contributed by atoms with van der Waals surface area (Å²) in [6.45, 7) is 7.48. The van der Waals surface area contributed by atoms with Crippen LogP contribution in [0.1, 0.15) is 53.4 Å². The summed E-state index contributed by atoms with van der Waals surface area (Å²) in [7, 11) is 0. The van der Waals surface area contributed by atoms with Gasteiger partial charge in [-0.25, -0.2) is 0 Å². The van der Waals surface area contributed by atoms with Crippen LogP contribution in [0.25, 0.3) is 0 Å². The first kappa shape index (κ1) is 18.3. The largest absolute Gasteiger partial charge is 0.481 e. The Balaban J connectivity index is 0. The molecule has 2 N–H and O–H groups in total. The Morgan fingerprint density at radius 1 is 1.53 bits per heavy atom. The number of carboxylic acids is 1. The number of carboxylic acid groups (broad SMARTS) is 1. The predicted molar refractivity (Wildman–Crippen MR) is 64.7 cm³/mol. The molecule has 2 atom stereocenters. The number of esters is 1. The molecule has 1 fully saturated rings. The van der Waals surface area contributed by atoms with Gasteiger partial charge in [0.15, 0.2) is 0 Å². The first-order valence-corrected chi connectivity index (χ1v) is 6.01. The number of hydrogen-bond acceptors (Lipinski definition) is 4. The molecule has 1 heterocycles. The molecule has 102 valence electrons. The molecular weight excluding hydrogens is 224 g/mol. The van der Waals surface area contributed by atoms with Crippen LogP contribution in [0, 0.1) is 0 Å². The van der Waals surface area contributed by atoms with Gasteiger partial charge >= 0.3 is 11.9 Å². The maximum absolute atomic E-state index is 10.2. The van der Waals surface area contributed by atoms with Crippen molar-refractivity contribution in [3.8, 4) is 0 Å². The summed E-state index contributed by atoms with van der Waals surface area (Å²) in [5, 5.41) is 16.6. The maximum Gasteiger partial charge on any atom is 0.306 e. The molecule has 0 saturated carbocycles. The standard InChI is InChI=1S/C5H10O3.C5H8O2.C2H6/c1-4(6)2-3-5(7)8;1-4-2-3-5(6)7-4;1-2/h4,6H,2-3H2,1H3,(H,7,8);4H,2-3H2,1H3;1-2H3/t2*4-;/m10./s1. The van der Waals surface area contributed by atoms with Gasteiger partial charge in [-0.3, -0.25) is 9.59 Å². The molecule has 1 aliphatic heterocycles. The minimum absolute atomic E-state index is 0.0486. The van der Waals surface area contributed by atoms with Gasteiger partial charge in [-0.1, -0.05) is 13.8 Å². The van der Waals surface area contributed by atoms with Crippen molar-refractivity contribution in [3.63, 3.8) is 0 Å². The van der Waals surface area contributed by atoms with E-state index in [4.69, 9.17) is 14.9 Å². The number of carbonyl (C=O) groups is 2. The Hall–Kier alpha value is -1.10. The minimum Gasteiger partial charge on any atom is -0.481 e. The Morgan fingerprint density at radius 3 is 2.18 bits per heavy atom. The number of cyclic esters (lactones) is 1. The summed E-state index contributed by atoms with van der Waals surface area (Å²) >= 11 is 0. The number of aliphatic carboxylic acids is 1. The van der Waals surface area contributed by atoms with Crippen molar-refractivity contribution in [2.75, 3.05) is 0 Å². The van der Waals surface area contributed by atoms with Gasteiger partial charge < -0.3 is 14.9 Å². The molecule has 5 heteroatoms. The number of carbonyl (C=O) groups excluding carboxylic acids is 1. The SMILES string of the molecule is CC.C[C@@H](O)CCC(=O)O.C[C@H]1CCC(=O)O1. The zero-order valence-corrected chi connectivity index (χ0v) is 11.1. The second-order valence-electron chi connectivity index (χ2n) is 3.62. The molecular formula is C12H24O5. The molecule has 0 amide bonds. The monoisotopic (exact) mass is 248 g/mol. The summed E-state index contributed by atoms with van der Waals surface area (Å²) in [5.41, 5.74) is 0. The maximum atomic E-state index is 10.2. The van der Waals surface area contributed by atoms with Crippen molar-refractivity contribution in [3.05, 3.63) is 0 Å². The van der Waals surface area contributed by atoms with Crippen molar-refractivity contribution >= 4 is 11.9 Å². The number of aliphatic hydroxyl groups is 1. The fourth-order valence-electron chi connectivity index (χ4n) is 0.996. The van der Waals surface area contributed by atoms with Gasteiger partial charge in [0, 0.05) is 12.8 Å². The van der Waals surface area contributed by atoms with Crippen LogP contribution < -0.4 is 0 Å². The Morgan fingerprint density at radius 2 is 2.06 bits per heavy atom. The van der Waals surface area contributed by atoms with Gasteiger partial charge in [0.2, 0.25) is 0 Å². The van der Waals surface area contributed by atoms with Gasteiger partial charge in [0.25, 0.3) is 0 Å².